The molecule has 0 unspecified atom stereocenters. The number of sulfonamides is 1. The van der Waals surface area contributed by atoms with E-state index in [2.05, 4.69) is 14.6 Å². The summed E-state index contributed by atoms with van der Waals surface area (Å²) in [5.74, 6) is 1.52. The second-order valence-corrected chi connectivity index (χ2v) is 8.93. The van der Waals surface area contributed by atoms with Gasteiger partial charge in [0.25, 0.3) is 0 Å². The first-order valence-electron chi connectivity index (χ1n) is 9.56. The number of hydrogen-bond acceptors (Lipinski definition) is 6. The number of pyridine rings is 1. The predicted octanol–water partition coefficient (Wildman–Crippen LogP) is 2.92. The Morgan fingerprint density at radius 1 is 0.933 bits per heavy atom. The molecule has 0 fully saturated rings. The minimum absolute atomic E-state index is 0.250. The van der Waals surface area contributed by atoms with Crippen LogP contribution in [-0.2, 0) is 29.7 Å². The fraction of sp³-hybridized carbons (Fsp3) is 0.227. The van der Waals surface area contributed by atoms with Crippen molar-refractivity contribution in [2.45, 2.75) is 24.5 Å². The highest BCUT2D eigenvalue weighted by molar-refractivity contribution is 7.89. The molecule has 1 aliphatic heterocycles. The summed E-state index contributed by atoms with van der Waals surface area (Å²) in [6.45, 7) is 2.31. The summed E-state index contributed by atoms with van der Waals surface area (Å²) in [6.07, 6.45) is 3.61. The summed E-state index contributed by atoms with van der Waals surface area (Å²) in [5.41, 5.74) is 3.24. The largest absolute Gasteiger partial charge is 0.454 e. The lowest BCUT2D eigenvalue weighted by atomic mass is 10.1. The second-order valence-electron chi connectivity index (χ2n) is 7.05. The Labute approximate surface area is 176 Å². The van der Waals surface area contributed by atoms with Gasteiger partial charge in [0, 0.05) is 32.0 Å². The monoisotopic (exact) mass is 425 g/mol. The smallest absolute Gasteiger partial charge is 0.240 e. The van der Waals surface area contributed by atoms with Crippen LogP contribution in [0.3, 0.4) is 0 Å². The van der Waals surface area contributed by atoms with E-state index in [0.29, 0.717) is 19.6 Å². The number of benzene rings is 2. The maximum absolute atomic E-state index is 12.0. The van der Waals surface area contributed by atoms with Gasteiger partial charge in [-0.1, -0.05) is 24.3 Å². The summed E-state index contributed by atoms with van der Waals surface area (Å²) >= 11 is 0. The molecule has 0 amide bonds. The van der Waals surface area contributed by atoms with Crippen molar-refractivity contribution in [1.29, 1.82) is 0 Å². The number of nitrogens with one attached hydrogen (secondary N) is 1. The molecular formula is C22H23N3O4S. The fourth-order valence-corrected chi connectivity index (χ4v) is 4.10. The van der Waals surface area contributed by atoms with Crippen molar-refractivity contribution >= 4 is 10.0 Å². The Morgan fingerprint density at radius 2 is 1.63 bits per heavy atom. The SMILES string of the molecule is CNS(=O)(=O)c1ccc(CN(Cc2cccnc2)Cc2ccc3c(c2)OCO3)cc1. The molecule has 7 nitrogen and oxygen atoms in total. The van der Waals surface area contributed by atoms with Crippen LogP contribution in [0.25, 0.3) is 0 Å². The Bertz CT molecular complexity index is 1100. The zero-order chi connectivity index (χ0) is 21.0. The van der Waals surface area contributed by atoms with E-state index in [4.69, 9.17) is 9.47 Å². The van der Waals surface area contributed by atoms with Gasteiger partial charge in [0.05, 0.1) is 4.90 Å². The highest BCUT2D eigenvalue weighted by Gasteiger charge is 2.16. The van der Waals surface area contributed by atoms with E-state index in [1.165, 1.54) is 7.05 Å². The molecule has 2 heterocycles. The van der Waals surface area contributed by atoms with Gasteiger partial charge in [0.2, 0.25) is 16.8 Å². The van der Waals surface area contributed by atoms with Crippen LogP contribution >= 0.6 is 0 Å². The second kappa shape index (κ2) is 8.83. The molecule has 1 aromatic heterocycles. The number of hydrogen-bond donors (Lipinski definition) is 1. The van der Waals surface area contributed by atoms with Crippen molar-refractivity contribution < 1.29 is 17.9 Å². The third-order valence-corrected chi connectivity index (χ3v) is 6.31. The molecule has 0 spiro atoms. The number of aromatic nitrogens is 1. The van der Waals surface area contributed by atoms with Gasteiger partial charge in [-0.15, -0.1) is 0 Å². The van der Waals surface area contributed by atoms with E-state index in [1.54, 1.807) is 18.3 Å². The van der Waals surface area contributed by atoms with Gasteiger partial charge in [-0.25, -0.2) is 13.1 Å². The van der Waals surface area contributed by atoms with Gasteiger partial charge >= 0.3 is 0 Å². The van der Waals surface area contributed by atoms with Crippen molar-refractivity contribution in [1.82, 2.24) is 14.6 Å². The first-order valence-corrected chi connectivity index (χ1v) is 11.0. The normalized spacial score (nSPS) is 13.0. The quantitative estimate of drug-likeness (QED) is 0.598. The zero-order valence-electron chi connectivity index (χ0n) is 16.6. The molecule has 1 aliphatic rings. The summed E-state index contributed by atoms with van der Waals surface area (Å²) < 4.78 is 37.2. The molecule has 0 radical (unpaired) electrons. The number of fused-ring (bicyclic) bond motifs is 1. The van der Waals surface area contributed by atoms with Crippen LogP contribution in [0.2, 0.25) is 0 Å². The van der Waals surface area contributed by atoms with Crippen LogP contribution < -0.4 is 14.2 Å². The lowest BCUT2D eigenvalue weighted by Gasteiger charge is -2.23. The average molecular weight is 426 g/mol. The average Bonchev–Trinajstić information content (AvgIpc) is 3.23. The molecule has 0 aliphatic carbocycles. The molecule has 0 atom stereocenters. The number of rotatable bonds is 8. The molecule has 1 N–H and O–H groups in total. The van der Waals surface area contributed by atoms with Crippen LogP contribution in [0, 0.1) is 0 Å². The Hall–Kier alpha value is -2.94. The lowest BCUT2D eigenvalue weighted by molar-refractivity contribution is 0.174. The molecule has 0 saturated heterocycles. The van der Waals surface area contributed by atoms with Gasteiger partial charge in [-0.3, -0.25) is 9.88 Å². The van der Waals surface area contributed by atoms with Gasteiger partial charge < -0.3 is 9.47 Å². The highest BCUT2D eigenvalue weighted by atomic mass is 32.2. The molecule has 30 heavy (non-hydrogen) atoms. The first kappa shape index (κ1) is 20.3. The van der Waals surface area contributed by atoms with E-state index in [-0.39, 0.29) is 11.7 Å². The molecule has 3 aromatic rings. The Kier molecular flexibility index (Phi) is 5.98. The van der Waals surface area contributed by atoms with Crippen LogP contribution in [0.5, 0.6) is 11.5 Å². The summed E-state index contributed by atoms with van der Waals surface area (Å²) in [5, 5.41) is 0. The van der Waals surface area contributed by atoms with E-state index >= 15 is 0 Å². The van der Waals surface area contributed by atoms with Crippen molar-refractivity contribution in [3.63, 3.8) is 0 Å². The minimum atomic E-state index is -3.44. The topological polar surface area (TPSA) is 80.8 Å². The van der Waals surface area contributed by atoms with Gasteiger partial charge in [-0.2, -0.15) is 0 Å². The van der Waals surface area contributed by atoms with E-state index < -0.39 is 10.0 Å². The highest BCUT2D eigenvalue weighted by Crippen LogP contribution is 2.33. The maximum Gasteiger partial charge on any atom is 0.240 e. The van der Waals surface area contributed by atoms with E-state index in [0.717, 1.165) is 28.2 Å². The van der Waals surface area contributed by atoms with Gasteiger partial charge in [0.1, 0.15) is 0 Å². The number of ether oxygens (including phenoxy) is 2. The molecule has 4 rings (SSSR count). The van der Waals surface area contributed by atoms with Crippen molar-refractivity contribution in [3.05, 3.63) is 83.7 Å². The van der Waals surface area contributed by atoms with Crippen LogP contribution in [0.15, 0.2) is 71.9 Å². The minimum Gasteiger partial charge on any atom is -0.454 e. The van der Waals surface area contributed by atoms with Gasteiger partial charge in [0.15, 0.2) is 11.5 Å². The molecule has 8 heteroatoms. The summed E-state index contributed by atoms with van der Waals surface area (Å²) in [7, 11) is -2.04. The molecule has 0 bridgehead atoms. The Morgan fingerprint density at radius 3 is 2.37 bits per heavy atom. The zero-order valence-corrected chi connectivity index (χ0v) is 17.4. The molecule has 0 saturated carbocycles. The van der Waals surface area contributed by atoms with E-state index in [9.17, 15) is 8.42 Å². The third-order valence-electron chi connectivity index (χ3n) is 4.88. The lowest BCUT2D eigenvalue weighted by Crippen LogP contribution is -2.23. The van der Waals surface area contributed by atoms with Crippen molar-refractivity contribution in [3.8, 4) is 11.5 Å². The third kappa shape index (κ3) is 4.79. The molecular weight excluding hydrogens is 402 g/mol. The van der Waals surface area contributed by atoms with Crippen molar-refractivity contribution in [2.24, 2.45) is 0 Å². The summed E-state index contributed by atoms with van der Waals surface area (Å²) in [4.78, 5) is 6.74. The van der Waals surface area contributed by atoms with Crippen LogP contribution in [0.1, 0.15) is 16.7 Å². The summed E-state index contributed by atoms with van der Waals surface area (Å²) in [6, 6.07) is 16.9. The standard InChI is InChI=1S/C22H23N3O4S/c1-23-30(26,27)20-7-4-17(5-8-20)13-25(15-19-3-2-10-24-12-19)14-18-6-9-21-22(11-18)29-16-28-21/h2-12,23H,13-16H2,1H3. The first-order chi connectivity index (χ1) is 14.5. The molecule has 2 aromatic carbocycles. The van der Waals surface area contributed by atoms with Gasteiger partial charge in [-0.05, 0) is 54.1 Å². The predicted molar refractivity (Wildman–Crippen MR) is 112 cm³/mol. The Balaban J connectivity index is 1.54. The van der Waals surface area contributed by atoms with Crippen LogP contribution in [0.4, 0.5) is 0 Å². The molecule has 156 valence electrons. The van der Waals surface area contributed by atoms with Crippen molar-refractivity contribution in [2.75, 3.05) is 13.8 Å². The maximum atomic E-state index is 12.0. The number of nitrogens with zero attached hydrogens (tertiary/aromatic N) is 2. The van der Waals surface area contributed by atoms with E-state index in [1.807, 2.05) is 48.7 Å². The fourth-order valence-electron chi connectivity index (χ4n) is 3.37. The van der Waals surface area contributed by atoms with Crippen LogP contribution in [-0.4, -0.2) is 32.1 Å².